The third-order valence-corrected chi connectivity index (χ3v) is 4.35. The lowest BCUT2D eigenvalue weighted by Crippen LogP contribution is -2.30. The van der Waals surface area contributed by atoms with Crippen LogP contribution in [-0.4, -0.2) is 6.04 Å². The Kier molecular flexibility index (Phi) is 5.03. The quantitative estimate of drug-likeness (QED) is 0.797. The largest absolute Gasteiger partial charge is 0.483 e. The molecule has 2 N–H and O–H groups in total. The van der Waals surface area contributed by atoms with Gasteiger partial charge in [-0.05, 0) is 58.7 Å². The van der Waals surface area contributed by atoms with E-state index in [0.717, 1.165) is 12.2 Å². The lowest BCUT2D eigenvalue weighted by atomic mass is 10.1. The maximum absolute atomic E-state index is 6.17. The van der Waals surface area contributed by atoms with Crippen LogP contribution in [0.5, 0.6) is 5.75 Å². The van der Waals surface area contributed by atoms with E-state index in [0.29, 0.717) is 0 Å². The summed E-state index contributed by atoms with van der Waals surface area (Å²) in [5.41, 5.74) is 6.17. The number of benzene rings is 1. The Balaban J connectivity index is 2.20. The van der Waals surface area contributed by atoms with Gasteiger partial charge in [-0.2, -0.15) is 0 Å². The first-order valence-electron chi connectivity index (χ1n) is 5.92. The number of halogens is 1. The molecule has 0 fully saturated rings. The first-order chi connectivity index (χ1) is 8.70. The third-order valence-electron chi connectivity index (χ3n) is 2.74. The highest BCUT2D eigenvalue weighted by Crippen LogP contribution is 2.29. The second-order valence-corrected chi connectivity index (χ2v) is 6.31. The summed E-state index contributed by atoms with van der Waals surface area (Å²) in [6, 6.07) is 12.2. The molecule has 0 aliphatic heterocycles. The van der Waals surface area contributed by atoms with Crippen LogP contribution in [0.4, 0.5) is 0 Å². The van der Waals surface area contributed by atoms with Crippen molar-refractivity contribution in [1.82, 2.24) is 0 Å². The van der Waals surface area contributed by atoms with Crippen LogP contribution >= 0.6 is 33.9 Å². The van der Waals surface area contributed by atoms with Gasteiger partial charge in [0.15, 0.2) is 0 Å². The van der Waals surface area contributed by atoms with Gasteiger partial charge in [-0.15, -0.1) is 11.3 Å². The number of rotatable bonds is 5. The SMILES string of the molecule is CCC(N)C(Oc1cccc(I)c1)c1cccs1. The van der Waals surface area contributed by atoms with Crippen LogP contribution in [-0.2, 0) is 0 Å². The molecule has 0 spiro atoms. The number of hydrogen-bond acceptors (Lipinski definition) is 3. The van der Waals surface area contributed by atoms with E-state index in [2.05, 4.69) is 41.0 Å². The van der Waals surface area contributed by atoms with E-state index in [-0.39, 0.29) is 12.1 Å². The van der Waals surface area contributed by atoms with E-state index in [9.17, 15) is 0 Å². The molecule has 18 heavy (non-hydrogen) atoms. The predicted molar refractivity (Wildman–Crippen MR) is 85.1 cm³/mol. The molecule has 2 aromatic rings. The van der Waals surface area contributed by atoms with Crippen molar-refractivity contribution in [3.05, 3.63) is 50.2 Å². The standard InChI is InChI=1S/C14H16INOS/c1-2-12(16)14(13-7-4-8-18-13)17-11-6-3-5-10(15)9-11/h3-9,12,14H,2,16H2,1H3. The zero-order valence-electron chi connectivity index (χ0n) is 10.2. The second-order valence-electron chi connectivity index (χ2n) is 4.08. The molecule has 1 heterocycles. The fourth-order valence-corrected chi connectivity index (χ4v) is 3.05. The fourth-order valence-electron chi connectivity index (χ4n) is 1.71. The topological polar surface area (TPSA) is 35.2 Å². The molecule has 0 saturated heterocycles. The van der Waals surface area contributed by atoms with Crippen LogP contribution in [0.3, 0.4) is 0 Å². The lowest BCUT2D eigenvalue weighted by molar-refractivity contribution is 0.174. The predicted octanol–water partition coefficient (Wildman–Crippen LogP) is 4.21. The Bertz CT molecular complexity index is 486. The second kappa shape index (κ2) is 6.54. The van der Waals surface area contributed by atoms with Gasteiger partial charge in [0.1, 0.15) is 11.9 Å². The van der Waals surface area contributed by atoms with Crippen molar-refractivity contribution in [1.29, 1.82) is 0 Å². The van der Waals surface area contributed by atoms with Crippen LogP contribution in [0.1, 0.15) is 24.3 Å². The summed E-state index contributed by atoms with van der Waals surface area (Å²) in [5.74, 6) is 0.879. The Morgan fingerprint density at radius 3 is 2.78 bits per heavy atom. The number of thiophene rings is 1. The molecule has 96 valence electrons. The van der Waals surface area contributed by atoms with Crippen molar-refractivity contribution in [3.8, 4) is 5.75 Å². The molecule has 4 heteroatoms. The minimum atomic E-state index is -0.0619. The Morgan fingerprint density at radius 1 is 1.33 bits per heavy atom. The normalized spacial score (nSPS) is 14.2. The molecule has 0 aliphatic carbocycles. The lowest BCUT2D eigenvalue weighted by Gasteiger charge is -2.23. The molecule has 1 aromatic heterocycles. The molecular weight excluding hydrogens is 357 g/mol. The van der Waals surface area contributed by atoms with Gasteiger partial charge < -0.3 is 10.5 Å². The molecule has 0 saturated carbocycles. The van der Waals surface area contributed by atoms with Crippen molar-refractivity contribution < 1.29 is 4.74 Å². The highest BCUT2D eigenvalue weighted by atomic mass is 127. The minimum Gasteiger partial charge on any atom is -0.483 e. The maximum Gasteiger partial charge on any atom is 0.148 e. The van der Waals surface area contributed by atoms with Gasteiger partial charge in [-0.1, -0.05) is 19.1 Å². The average molecular weight is 373 g/mol. The Morgan fingerprint density at radius 2 is 2.17 bits per heavy atom. The molecule has 0 radical (unpaired) electrons. The summed E-state index contributed by atoms with van der Waals surface area (Å²) in [5, 5.41) is 2.06. The van der Waals surface area contributed by atoms with Gasteiger partial charge in [-0.25, -0.2) is 0 Å². The molecule has 2 atom stereocenters. The first kappa shape index (κ1) is 13.8. The molecular formula is C14H16INOS. The molecule has 2 unspecified atom stereocenters. The van der Waals surface area contributed by atoms with E-state index in [1.807, 2.05) is 30.3 Å². The summed E-state index contributed by atoms with van der Waals surface area (Å²) >= 11 is 3.97. The van der Waals surface area contributed by atoms with E-state index >= 15 is 0 Å². The molecule has 0 amide bonds. The van der Waals surface area contributed by atoms with Gasteiger partial charge in [0.2, 0.25) is 0 Å². The zero-order valence-corrected chi connectivity index (χ0v) is 13.1. The highest BCUT2D eigenvalue weighted by molar-refractivity contribution is 14.1. The monoisotopic (exact) mass is 373 g/mol. The van der Waals surface area contributed by atoms with E-state index in [1.165, 1.54) is 8.45 Å². The molecule has 0 aliphatic rings. The van der Waals surface area contributed by atoms with Gasteiger partial charge in [-0.3, -0.25) is 0 Å². The molecule has 0 bridgehead atoms. The van der Waals surface area contributed by atoms with E-state index in [4.69, 9.17) is 10.5 Å². The maximum atomic E-state index is 6.17. The Labute approximate surface area is 125 Å². The van der Waals surface area contributed by atoms with Crippen molar-refractivity contribution in [2.24, 2.45) is 5.73 Å². The van der Waals surface area contributed by atoms with Crippen molar-refractivity contribution in [3.63, 3.8) is 0 Å². The van der Waals surface area contributed by atoms with Gasteiger partial charge >= 0.3 is 0 Å². The van der Waals surface area contributed by atoms with Gasteiger partial charge in [0, 0.05) is 14.5 Å². The van der Waals surface area contributed by atoms with E-state index in [1.54, 1.807) is 11.3 Å². The van der Waals surface area contributed by atoms with E-state index < -0.39 is 0 Å². The summed E-state index contributed by atoms with van der Waals surface area (Å²) in [4.78, 5) is 1.18. The first-order valence-corrected chi connectivity index (χ1v) is 7.87. The molecule has 2 rings (SSSR count). The van der Waals surface area contributed by atoms with Crippen LogP contribution in [0.2, 0.25) is 0 Å². The van der Waals surface area contributed by atoms with Crippen molar-refractivity contribution in [2.75, 3.05) is 0 Å². The summed E-state index contributed by atoms with van der Waals surface area (Å²) < 4.78 is 7.24. The summed E-state index contributed by atoms with van der Waals surface area (Å²) in [6.45, 7) is 2.09. The smallest absolute Gasteiger partial charge is 0.148 e. The van der Waals surface area contributed by atoms with Crippen LogP contribution < -0.4 is 10.5 Å². The fraction of sp³-hybridized carbons (Fsp3) is 0.286. The number of nitrogens with two attached hydrogens (primary N) is 1. The Hall–Kier alpha value is -0.590. The average Bonchev–Trinajstić information content (AvgIpc) is 2.89. The summed E-state index contributed by atoms with van der Waals surface area (Å²) in [7, 11) is 0. The summed E-state index contributed by atoms with van der Waals surface area (Å²) in [6.07, 6.45) is 0.833. The van der Waals surface area contributed by atoms with Gasteiger partial charge in [0.05, 0.1) is 0 Å². The number of hydrogen-bond donors (Lipinski definition) is 1. The number of ether oxygens (including phenoxy) is 1. The molecule has 2 nitrogen and oxygen atoms in total. The van der Waals surface area contributed by atoms with Crippen LogP contribution in [0.15, 0.2) is 41.8 Å². The van der Waals surface area contributed by atoms with Gasteiger partial charge in [0.25, 0.3) is 0 Å². The molecule has 1 aromatic carbocycles. The zero-order chi connectivity index (χ0) is 13.0. The van der Waals surface area contributed by atoms with Crippen LogP contribution in [0, 0.1) is 3.57 Å². The minimum absolute atomic E-state index is 0.0153. The third kappa shape index (κ3) is 3.46. The van der Waals surface area contributed by atoms with Crippen molar-refractivity contribution in [2.45, 2.75) is 25.5 Å². The highest BCUT2D eigenvalue weighted by Gasteiger charge is 2.21. The van der Waals surface area contributed by atoms with Crippen LogP contribution in [0.25, 0.3) is 0 Å². The van der Waals surface area contributed by atoms with Crippen molar-refractivity contribution >= 4 is 33.9 Å².